The number of nitrogens with one attached hydrogen (secondary N) is 1. The van der Waals surface area contributed by atoms with E-state index in [-0.39, 0.29) is 30.7 Å². The molecule has 4 aliphatic rings. The number of carboxylic acids is 1. The van der Waals surface area contributed by atoms with Crippen molar-refractivity contribution in [1.29, 1.82) is 0 Å². The van der Waals surface area contributed by atoms with Gasteiger partial charge in [-0.3, -0.25) is 9.63 Å². The number of hydrogen-bond donors (Lipinski definition) is 4. The summed E-state index contributed by atoms with van der Waals surface area (Å²) in [4.78, 5) is 31.7. The van der Waals surface area contributed by atoms with Crippen LogP contribution < -0.4 is 5.32 Å². The van der Waals surface area contributed by atoms with Gasteiger partial charge in [0.05, 0.1) is 24.8 Å². The van der Waals surface area contributed by atoms with E-state index in [4.69, 9.17) is 4.84 Å². The van der Waals surface area contributed by atoms with Crippen molar-refractivity contribution in [3.05, 3.63) is 59.7 Å². The number of nitrogens with zero attached hydrogens (tertiary/aromatic N) is 1. The van der Waals surface area contributed by atoms with Crippen molar-refractivity contribution in [3.63, 3.8) is 0 Å². The van der Waals surface area contributed by atoms with Gasteiger partial charge in [0.2, 0.25) is 5.91 Å². The van der Waals surface area contributed by atoms with Crippen molar-refractivity contribution in [2.75, 3.05) is 6.61 Å². The molecule has 0 radical (unpaired) electrons. The number of carbonyl (C=O) groups excluding carboxylic acids is 1. The standard InChI is InChI=1S/C31H40N2O6/c1-17-24-13-21(31(24,3)4)14-25(17)32-29(36)28-27(18(2)35)26(16-34)39-33(28)15-19-8-7-9-20(12-19)22-10-5-6-11-23(22)30(37)38/h5-12,17-18,21,24-28,34-35H,13-16H2,1-4H3,(H,32,36)(H,37,38)/t17-,18-,21+,24-,25-,26-,27+,28-/m0/s1. The van der Waals surface area contributed by atoms with Gasteiger partial charge in [-0.05, 0) is 71.8 Å². The number of hydrogen-bond acceptors (Lipinski definition) is 6. The lowest BCUT2D eigenvalue weighted by Gasteiger charge is -2.62. The first-order chi connectivity index (χ1) is 18.5. The fourth-order valence-corrected chi connectivity index (χ4v) is 7.42. The number of rotatable bonds is 8. The van der Waals surface area contributed by atoms with Gasteiger partial charge in [0, 0.05) is 12.0 Å². The molecule has 4 fully saturated rings. The smallest absolute Gasteiger partial charge is 0.336 e. The normalized spacial score (nSPS) is 32.3. The predicted octanol–water partition coefficient (Wildman–Crippen LogP) is 3.71. The van der Waals surface area contributed by atoms with Crippen molar-refractivity contribution >= 4 is 11.9 Å². The van der Waals surface area contributed by atoms with Gasteiger partial charge >= 0.3 is 5.97 Å². The van der Waals surface area contributed by atoms with Crippen LogP contribution in [0.3, 0.4) is 0 Å². The van der Waals surface area contributed by atoms with Crippen molar-refractivity contribution in [2.24, 2.45) is 29.1 Å². The van der Waals surface area contributed by atoms with E-state index in [0.717, 1.165) is 17.5 Å². The van der Waals surface area contributed by atoms with E-state index in [0.29, 0.717) is 28.7 Å². The Morgan fingerprint density at radius 2 is 1.90 bits per heavy atom. The van der Waals surface area contributed by atoms with Gasteiger partial charge in [-0.15, -0.1) is 0 Å². The van der Waals surface area contributed by atoms with Crippen LogP contribution in [-0.4, -0.2) is 63.2 Å². The van der Waals surface area contributed by atoms with E-state index < -0.39 is 30.1 Å². The first-order valence-electron chi connectivity index (χ1n) is 14.0. The van der Waals surface area contributed by atoms with Crippen LogP contribution in [0.2, 0.25) is 0 Å². The van der Waals surface area contributed by atoms with Crippen molar-refractivity contribution < 1.29 is 29.7 Å². The Labute approximate surface area is 229 Å². The number of carbonyl (C=O) groups is 2. The van der Waals surface area contributed by atoms with Gasteiger partial charge in [-0.2, -0.15) is 5.06 Å². The zero-order valence-corrected chi connectivity index (χ0v) is 23.1. The number of hydroxylamine groups is 2. The van der Waals surface area contributed by atoms with E-state index in [1.807, 2.05) is 24.3 Å². The number of fused-ring (bicyclic) bond motifs is 2. The predicted molar refractivity (Wildman–Crippen MR) is 146 cm³/mol. The largest absolute Gasteiger partial charge is 0.478 e. The molecule has 8 nitrogen and oxygen atoms in total. The first-order valence-corrected chi connectivity index (χ1v) is 14.0. The molecule has 4 N–H and O–H groups in total. The Bertz CT molecular complexity index is 1230. The zero-order valence-electron chi connectivity index (χ0n) is 23.1. The molecule has 1 heterocycles. The summed E-state index contributed by atoms with van der Waals surface area (Å²) in [5, 5.41) is 35.2. The van der Waals surface area contributed by atoms with Crippen LogP contribution in [0.15, 0.2) is 48.5 Å². The van der Waals surface area contributed by atoms with E-state index in [1.54, 1.807) is 36.3 Å². The van der Waals surface area contributed by atoms with E-state index >= 15 is 0 Å². The SMILES string of the molecule is C[C@@H]1[C@@H](NC(=O)[C@@H]2[C@H]([C@H](C)O)[C@H](CO)ON2Cc2cccc(-c3ccccc3C(=O)O)c2)C[C@H]2C[C@@H]1C2(C)C. The third-order valence-electron chi connectivity index (χ3n) is 9.80. The van der Waals surface area contributed by atoms with Gasteiger partial charge in [-0.25, -0.2) is 4.79 Å². The quantitative estimate of drug-likeness (QED) is 0.406. The lowest BCUT2D eigenvalue weighted by Crippen LogP contribution is -2.62. The highest BCUT2D eigenvalue weighted by Crippen LogP contribution is 2.61. The average molecular weight is 537 g/mol. The summed E-state index contributed by atoms with van der Waals surface area (Å²) in [6, 6.07) is 13.6. The average Bonchev–Trinajstić information content (AvgIpc) is 3.28. The van der Waals surface area contributed by atoms with Gasteiger partial charge in [0.1, 0.15) is 12.1 Å². The molecule has 1 amide bonds. The number of aliphatic hydroxyl groups is 2. The second-order valence-electron chi connectivity index (χ2n) is 12.3. The first kappa shape index (κ1) is 27.8. The highest BCUT2D eigenvalue weighted by Gasteiger charge is 2.57. The second kappa shape index (κ2) is 10.7. The maximum absolute atomic E-state index is 13.8. The van der Waals surface area contributed by atoms with E-state index in [9.17, 15) is 24.9 Å². The molecule has 3 aliphatic carbocycles. The number of amides is 1. The maximum Gasteiger partial charge on any atom is 0.336 e. The summed E-state index contributed by atoms with van der Waals surface area (Å²) in [5.74, 6) is -0.273. The van der Waals surface area contributed by atoms with Crippen molar-refractivity contribution in [3.8, 4) is 11.1 Å². The minimum atomic E-state index is -1.00. The van der Waals surface area contributed by atoms with Gasteiger partial charge in [-0.1, -0.05) is 57.2 Å². The van der Waals surface area contributed by atoms with Crippen molar-refractivity contribution in [2.45, 2.75) is 71.4 Å². The molecule has 0 unspecified atom stereocenters. The number of benzene rings is 2. The summed E-state index contributed by atoms with van der Waals surface area (Å²) in [7, 11) is 0. The molecule has 8 atom stereocenters. The molecule has 2 aromatic rings. The molecule has 2 aromatic carbocycles. The minimum Gasteiger partial charge on any atom is -0.478 e. The van der Waals surface area contributed by atoms with Crippen LogP contribution in [0.1, 0.15) is 56.5 Å². The van der Waals surface area contributed by atoms with Crippen LogP contribution in [0.5, 0.6) is 0 Å². The lowest BCUT2D eigenvalue weighted by molar-refractivity contribution is -0.183. The molecule has 3 saturated carbocycles. The summed E-state index contributed by atoms with van der Waals surface area (Å²) in [6.07, 6.45) is 0.571. The van der Waals surface area contributed by atoms with E-state index in [1.165, 1.54) is 6.42 Å². The maximum atomic E-state index is 13.8. The highest BCUT2D eigenvalue weighted by molar-refractivity contribution is 5.96. The summed E-state index contributed by atoms with van der Waals surface area (Å²) in [6.45, 7) is 8.42. The topological polar surface area (TPSA) is 119 Å². The fraction of sp³-hybridized carbons (Fsp3) is 0.548. The minimum absolute atomic E-state index is 0.0646. The lowest BCUT2D eigenvalue weighted by atomic mass is 9.45. The number of aromatic carboxylic acids is 1. The third kappa shape index (κ3) is 4.99. The van der Waals surface area contributed by atoms with Crippen molar-refractivity contribution in [1.82, 2.24) is 10.4 Å². The molecular weight excluding hydrogens is 496 g/mol. The molecule has 210 valence electrons. The molecular formula is C31H40N2O6. The Kier molecular flexibility index (Phi) is 7.59. The number of aliphatic hydroxyl groups excluding tert-OH is 2. The number of carboxylic acid groups (broad SMARTS) is 1. The molecule has 0 aromatic heterocycles. The van der Waals surface area contributed by atoms with Gasteiger partial charge in [0.15, 0.2) is 0 Å². The van der Waals surface area contributed by atoms with Crippen LogP contribution in [0.4, 0.5) is 0 Å². The molecule has 0 spiro atoms. The van der Waals surface area contributed by atoms with Crippen LogP contribution in [-0.2, 0) is 16.2 Å². The summed E-state index contributed by atoms with van der Waals surface area (Å²) < 4.78 is 0. The van der Waals surface area contributed by atoms with Crippen LogP contribution >= 0.6 is 0 Å². The zero-order chi connectivity index (χ0) is 28.1. The Hall–Kier alpha value is -2.78. The Balaban J connectivity index is 1.39. The summed E-state index contributed by atoms with van der Waals surface area (Å²) in [5.41, 5.74) is 2.68. The van der Waals surface area contributed by atoms with Gasteiger partial charge < -0.3 is 20.6 Å². The summed E-state index contributed by atoms with van der Waals surface area (Å²) >= 11 is 0. The highest BCUT2D eigenvalue weighted by atomic mass is 16.7. The van der Waals surface area contributed by atoms with E-state index in [2.05, 4.69) is 26.1 Å². The molecule has 8 heteroatoms. The molecule has 39 heavy (non-hydrogen) atoms. The molecule has 2 bridgehead atoms. The monoisotopic (exact) mass is 536 g/mol. The molecule has 6 rings (SSSR count). The van der Waals surface area contributed by atoms with Gasteiger partial charge in [0.25, 0.3) is 0 Å². The molecule has 1 saturated heterocycles. The van der Waals surface area contributed by atoms with Crippen LogP contribution in [0, 0.1) is 29.1 Å². The molecule has 1 aliphatic heterocycles. The second-order valence-corrected chi connectivity index (χ2v) is 12.3. The Morgan fingerprint density at radius 3 is 2.54 bits per heavy atom. The van der Waals surface area contributed by atoms with Crippen LogP contribution in [0.25, 0.3) is 11.1 Å². The third-order valence-corrected chi connectivity index (χ3v) is 9.80. The Morgan fingerprint density at radius 1 is 1.15 bits per heavy atom. The fourth-order valence-electron chi connectivity index (χ4n) is 7.42.